The van der Waals surface area contributed by atoms with Crippen molar-refractivity contribution in [3.63, 3.8) is 0 Å². The maximum atomic E-state index is 15.2. The molecule has 4 aromatic rings. The van der Waals surface area contributed by atoms with Crippen molar-refractivity contribution in [3.8, 4) is 11.1 Å². The summed E-state index contributed by atoms with van der Waals surface area (Å²) in [5.74, 6) is -0.0877. The Morgan fingerprint density at radius 3 is 2.45 bits per heavy atom. The summed E-state index contributed by atoms with van der Waals surface area (Å²) in [6.45, 7) is 2.06. The second-order valence-electron chi connectivity index (χ2n) is 10.5. The first kappa shape index (κ1) is 28.3. The van der Waals surface area contributed by atoms with E-state index in [1.807, 2.05) is 18.3 Å². The molecule has 0 aliphatic heterocycles. The van der Waals surface area contributed by atoms with Gasteiger partial charge in [-0.1, -0.05) is 43.1 Å². The van der Waals surface area contributed by atoms with Crippen molar-refractivity contribution >= 4 is 44.2 Å². The molecule has 3 aromatic carbocycles. The zero-order chi connectivity index (χ0) is 28.5. The standard InChI is InChI=1S/C30H33ClFN5O2S/c1-4-20-16-22(17-23-19-33-29(34-28(20)23)35-30(37(2)3)14-8-5-9-15-30)21-12-13-26(25(32)18-21)36-40(38,39)27-11-7-6-10-24(27)31/h6-7,10-13,16-19,36H,4-5,8-9,14-15H2,1-3H3,(H,33,34,35). The van der Waals surface area contributed by atoms with Gasteiger partial charge in [-0.05, 0) is 99.3 Å². The van der Waals surface area contributed by atoms with Gasteiger partial charge in [-0.15, -0.1) is 0 Å². The van der Waals surface area contributed by atoms with Crippen LogP contribution in [0.3, 0.4) is 0 Å². The van der Waals surface area contributed by atoms with Gasteiger partial charge in [-0.2, -0.15) is 0 Å². The van der Waals surface area contributed by atoms with Gasteiger partial charge in [0.25, 0.3) is 10.0 Å². The molecule has 0 amide bonds. The number of nitrogens with zero attached hydrogens (tertiary/aromatic N) is 3. The molecule has 1 aliphatic carbocycles. The van der Waals surface area contributed by atoms with Crippen LogP contribution in [-0.2, 0) is 16.4 Å². The molecule has 0 spiro atoms. The van der Waals surface area contributed by atoms with Crippen LogP contribution in [-0.4, -0.2) is 43.0 Å². The molecule has 1 fully saturated rings. The Morgan fingerprint density at radius 2 is 1.77 bits per heavy atom. The Labute approximate surface area is 239 Å². The van der Waals surface area contributed by atoms with E-state index in [0.29, 0.717) is 11.5 Å². The van der Waals surface area contributed by atoms with Crippen molar-refractivity contribution in [2.45, 2.75) is 56.0 Å². The van der Waals surface area contributed by atoms with Crippen LogP contribution in [0.15, 0.2) is 65.7 Å². The van der Waals surface area contributed by atoms with Crippen LogP contribution in [0.4, 0.5) is 16.0 Å². The molecule has 2 N–H and O–H groups in total. The summed E-state index contributed by atoms with van der Waals surface area (Å²) in [4.78, 5) is 11.7. The van der Waals surface area contributed by atoms with Gasteiger partial charge in [-0.25, -0.2) is 22.8 Å². The zero-order valence-corrected chi connectivity index (χ0v) is 24.4. The first-order valence-corrected chi connectivity index (χ1v) is 15.3. The lowest BCUT2D eigenvalue weighted by atomic mass is 9.88. The average molecular weight is 582 g/mol. The number of fused-ring (bicyclic) bond motifs is 1. The van der Waals surface area contributed by atoms with Gasteiger partial charge < -0.3 is 5.32 Å². The summed E-state index contributed by atoms with van der Waals surface area (Å²) in [5.41, 5.74) is 2.97. The number of nitrogens with one attached hydrogen (secondary N) is 2. The van der Waals surface area contributed by atoms with Crippen molar-refractivity contribution in [3.05, 3.63) is 77.2 Å². The Balaban J connectivity index is 1.44. The number of aryl methyl sites for hydroxylation is 1. The first-order chi connectivity index (χ1) is 19.1. The molecule has 0 bridgehead atoms. The molecular weight excluding hydrogens is 549 g/mol. The van der Waals surface area contributed by atoms with Crippen LogP contribution >= 0.6 is 11.6 Å². The molecule has 210 valence electrons. The summed E-state index contributed by atoms with van der Waals surface area (Å²) in [6.07, 6.45) is 8.19. The van der Waals surface area contributed by atoms with Gasteiger partial charge in [0.1, 0.15) is 10.7 Å². The molecular formula is C30H33ClFN5O2S. The lowest BCUT2D eigenvalue weighted by molar-refractivity contribution is 0.129. The molecule has 0 radical (unpaired) electrons. The molecule has 1 saturated carbocycles. The third kappa shape index (κ3) is 5.64. The van der Waals surface area contributed by atoms with Crippen LogP contribution in [0.5, 0.6) is 0 Å². The number of halogens is 2. The lowest BCUT2D eigenvalue weighted by Gasteiger charge is -2.43. The molecule has 0 atom stereocenters. The fourth-order valence-corrected chi connectivity index (χ4v) is 6.97. The van der Waals surface area contributed by atoms with E-state index in [1.165, 1.54) is 43.5 Å². The van der Waals surface area contributed by atoms with Gasteiger partial charge in [-0.3, -0.25) is 9.62 Å². The Morgan fingerprint density at radius 1 is 1.02 bits per heavy atom. The number of hydrogen-bond donors (Lipinski definition) is 2. The number of benzene rings is 3. The van der Waals surface area contributed by atoms with Crippen molar-refractivity contribution in [1.29, 1.82) is 0 Å². The van der Waals surface area contributed by atoms with E-state index in [4.69, 9.17) is 16.6 Å². The largest absolute Gasteiger partial charge is 0.336 e. The molecule has 10 heteroatoms. The zero-order valence-electron chi connectivity index (χ0n) is 22.8. The van der Waals surface area contributed by atoms with Crippen LogP contribution < -0.4 is 10.0 Å². The van der Waals surface area contributed by atoms with Crippen molar-refractivity contribution < 1.29 is 12.8 Å². The maximum absolute atomic E-state index is 15.2. The quantitative estimate of drug-likeness (QED) is 0.216. The van der Waals surface area contributed by atoms with E-state index in [2.05, 4.69) is 40.9 Å². The second kappa shape index (κ2) is 11.3. The van der Waals surface area contributed by atoms with Crippen molar-refractivity contribution in [2.75, 3.05) is 24.1 Å². The maximum Gasteiger partial charge on any atom is 0.263 e. The molecule has 0 unspecified atom stereocenters. The van der Waals surface area contributed by atoms with E-state index in [1.54, 1.807) is 18.2 Å². The Bertz CT molecular complexity index is 1660. The molecule has 5 rings (SSSR count). The van der Waals surface area contributed by atoms with Crippen molar-refractivity contribution in [1.82, 2.24) is 14.9 Å². The highest BCUT2D eigenvalue weighted by molar-refractivity contribution is 7.92. The number of sulfonamides is 1. The van der Waals surface area contributed by atoms with E-state index in [9.17, 15) is 8.42 Å². The number of anilines is 2. The summed E-state index contributed by atoms with van der Waals surface area (Å²) >= 11 is 6.05. The minimum atomic E-state index is -4.06. The fourth-order valence-electron chi connectivity index (χ4n) is 5.38. The van der Waals surface area contributed by atoms with Crippen LogP contribution in [0.1, 0.15) is 44.6 Å². The van der Waals surface area contributed by atoms with E-state index < -0.39 is 15.8 Å². The van der Waals surface area contributed by atoms with E-state index in [0.717, 1.165) is 41.3 Å². The normalized spacial score (nSPS) is 15.3. The SMILES string of the molecule is CCc1cc(-c2ccc(NS(=O)(=O)c3ccccc3Cl)c(F)c2)cc2cnc(NC3(N(C)C)CCCCC3)nc12. The fraction of sp³-hybridized carbons (Fsp3) is 0.333. The van der Waals surface area contributed by atoms with Gasteiger partial charge in [0.05, 0.1) is 21.9 Å². The molecule has 0 saturated heterocycles. The number of rotatable bonds is 8. The molecule has 7 nitrogen and oxygen atoms in total. The highest BCUT2D eigenvalue weighted by Gasteiger charge is 2.35. The third-order valence-electron chi connectivity index (χ3n) is 7.70. The number of hydrogen-bond acceptors (Lipinski definition) is 6. The molecule has 1 aromatic heterocycles. The highest BCUT2D eigenvalue weighted by Crippen LogP contribution is 2.34. The van der Waals surface area contributed by atoms with E-state index >= 15 is 4.39 Å². The summed E-state index contributed by atoms with van der Waals surface area (Å²) < 4.78 is 43.0. The summed E-state index contributed by atoms with van der Waals surface area (Å²) in [7, 11) is 0.129. The van der Waals surface area contributed by atoms with Crippen LogP contribution in [0.25, 0.3) is 22.0 Å². The predicted molar refractivity (Wildman–Crippen MR) is 160 cm³/mol. The summed E-state index contributed by atoms with van der Waals surface area (Å²) in [6, 6.07) is 14.4. The van der Waals surface area contributed by atoms with Gasteiger partial charge in [0, 0.05) is 11.6 Å². The average Bonchev–Trinajstić information content (AvgIpc) is 2.94. The van der Waals surface area contributed by atoms with Crippen LogP contribution in [0, 0.1) is 5.82 Å². The molecule has 40 heavy (non-hydrogen) atoms. The second-order valence-corrected chi connectivity index (χ2v) is 12.5. The lowest BCUT2D eigenvalue weighted by Crippen LogP contribution is -2.52. The monoisotopic (exact) mass is 581 g/mol. The third-order valence-corrected chi connectivity index (χ3v) is 9.56. The minimum absolute atomic E-state index is 0.0616. The van der Waals surface area contributed by atoms with Crippen molar-refractivity contribution in [2.24, 2.45) is 0 Å². The topological polar surface area (TPSA) is 87.2 Å². The van der Waals surface area contributed by atoms with Gasteiger partial charge in [0.2, 0.25) is 5.95 Å². The summed E-state index contributed by atoms with van der Waals surface area (Å²) in [5, 5.41) is 4.54. The predicted octanol–water partition coefficient (Wildman–Crippen LogP) is 7.09. The van der Waals surface area contributed by atoms with Gasteiger partial charge in [0.15, 0.2) is 0 Å². The van der Waals surface area contributed by atoms with E-state index in [-0.39, 0.29) is 21.3 Å². The minimum Gasteiger partial charge on any atom is -0.336 e. The Hall–Kier alpha value is -3.27. The first-order valence-electron chi connectivity index (χ1n) is 13.4. The van der Waals surface area contributed by atoms with Gasteiger partial charge >= 0.3 is 0 Å². The highest BCUT2D eigenvalue weighted by atomic mass is 35.5. The molecule has 1 heterocycles. The Kier molecular flexibility index (Phi) is 7.99. The van der Waals surface area contributed by atoms with Crippen LogP contribution in [0.2, 0.25) is 5.02 Å². The number of aromatic nitrogens is 2. The molecule has 1 aliphatic rings. The smallest absolute Gasteiger partial charge is 0.263 e.